The van der Waals surface area contributed by atoms with Crippen molar-refractivity contribution >= 4 is 33.4 Å². The van der Waals surface area contributed by atoms with Crippen molar-refractivity contribution in [1.29, 1.82) is 0 Å². The largest absolute Gasteiger partial charge is 0.427 e. The van der Waals surface area contributed by atoms with Crippen molar-refractivity contribution in [3.63, 3.8) is 0 Å². The van der Waals surface area contributed by atoms with Gasteiger partial charge in [0, 0.05) is 36.3 Å². The van der Waals surface area contributed by atoms with Crippen LogP contribution in [-0.2, 0) is 42.7 Å². The zero-order chi connectivity index (χ0) is 28.1. The van der Waals surface area contributed by atoms with Crippen LogP contribution in [0.25, 0.3) is 0 Å². The minimum Gasteiger partial charge on any atom is -0.427 e. The zero-order valence-corrected chi connectivity index (χ0v) is 23.5. The molecular weight excluding hydrogens is 530 g/mol. The first-order valence-electron chi connectivity index (χ1n) is 14.1. The fraction of sp³-hybridized carbons (Fsp3) is 0.500. The maximum Gasteiger partial charge on any atom is 0.418 e. The van der Waals surface area contributed by atoms with E-state index in [1.807, 2.05) is 55.5 Å². The second-order valence-corrected chi connectivity index (χ2v) is 13.9. The van der Waals surface area contributed by atoms with E-state index in [1.165, 1.54) is 0 Å². The molecule has 2 aromatic carbocycles. The molecule has 1 N–H and O–H groups in total. The van der Waals surface area contributed by atoms with Gasteiger partial charge in [0.1, 0.15) is 16.4 Å². The summed E-state index contributed by atoms with van der Waals surface area (Å²) in [6, 6.07) is 15.4. The third-order valence-corrected chi connectivity index (χ3v) is 10.6. The molecule has 0 bridgehead atoms. The number of anilines is 1. The van der Waals surface area contributed by atoms with Gasteiger partial charge in [0.15, 0.2) is 0 Å². The highest BCUT2D eigenvalue weighted by molar-refractivity contribution is 7.91. The van der Waals surface area contributed by atoms with Gasteiger partial charge in [0.2, 0.25) is 11.5 Å². The molecule has 1 unspecified atom stereocenters. The summed E-state index contributed by atoms with van der Waals surface area (Å²) in [5.41, 5.74) is 2.02. The molecule has 0 radical (unpaired) electrons. The second kappa shape index (κ2) is 10.2. The Bertz CT molecular complexity index is 1430. The van der Waals surface area contributed by atoms with E-state index in [0.717, 1.165) is 34.6 Å². The summed E-state index contributed by atoms with van der Waals surface area (Å²) < 4.78 is 29.3. The van der Waals surface area contributed by atoms with Gasteiger partial charge in [-0.3, -0.25) is 9.59 Å². The van der Waals surface area contributed by atoms with Crippen LogP contribution in [0.2, 0.25) is 0 Å². The summed E-state index contributed by atoms with van der Waals surface area (Å²) in [7, 11) is -2.94. The molecule has 2 aliphatic heterocycles. The van der Waals surface area contributed by atoms with Gasteiger partial charge in [-0.2, -0.15) is 0 Å². The average Bonchev–Trinajstić information content (AvgIpc) is 3.69. The minimum absolute atomic E-state index is 0.0118. The first kappa shape index (κ1) is 26.8. The average molecular weight is 566 g/mol. The van der Waals surface area contributed by atoms with Crippen LogP contribution >= 0.6 is 0 Å². The molecule has 0 aromatic heterocycles. The Kier molecular flexibility index (Phi) is 6.84. The smallest absolute Gasteiger partial charge is 0.418 e. The number of imide groups is 1. The summed E-state index contributed by atoms with van der Waals surface area (Å²) in [5.74, 6) is 0.0435. The van der Waals surface area contributed by atoms with E-state index in [4.69, 9.17) is 4.74 Å². The maximum absolute atomic E-state index is 13.7. The number of ether oxygens (including phenoxy) is 1. The topological polar surface area (TPSA) is 113 Å². The van der Waals surface area contributed by atoms with Crippen molar-refractivity contribution in [3.8, 4) is 0 Å². The van der Waals surface area contributed by atoms with E-state index in [1.54, 1.807) is 4.90 Å². The number of hydrogen-bond donors (Lipinski definition) is 1. The molecule has 3 fully saturated rings. The monoisotopic (exact) mass is 565 g/mol. The second-order valence-electron chi connectivity index (χ2n) is 11.6. The Hall–Kier alpha value is -3.40. The van der Waals surface area contributed by atoms with Crippen molar-refractivity contribution in [3.05, 3.63) is 65.2 Å². The van der Waals surface area contributed by atoms with Crippen LogP contribution < -0.4 is 5.32 Å². The lowest BCUT2D eigenvalue weighted by Crippen LogP contribution is -2.47. The Morgan fingerprint density at radius 1 is 1.10 bits per heavy atom. The van der Waals surface area contributed by atoms with Crippen molar-refractivity contribution in [2.75, 3.05) is 23.4 Å². The Morgan fingerprint density at radius 2 is 1.82 bits per heavy atom. The third kappa shape index (κ3) is 5.09. The number of nitrogens with zero attached hydrogens (tertiary/aromatic N) is 2. The number of hydrogen-bond acceptors (Lipinski definition) is 7. The van der Waals surface area contributed by atoms with Crippen molar-refractivity contribution in [1.82, 2.24) is 9.80 Å². The molecule has 1 saturated carbocycles. The Balaban J connectivity index is 1.17. The SMILES string of the molecule is C[C@@H](C1CC1)N(Cc1ccccc1)C(=O)CN1C(=O)OC2(CCc3cc(NC4CCS(=O)(=O)CC4)ccc32)C1=O. The number of sulfone groups is 1. The molecule has 9 nitrogen and oxygen atoms in total. The van der Waals surface area contributed by atoms with Gasteiger partial charge < -0.3 is 15.0 Å². The fourth-order valence-corrected chi connectivity index (χ4v) is 7.80. The number of rotatable bonds is 8. The molecule has 2 aromatic rings. The Morgan fingerprint density at radius 3 is 2.52 bits per heavy atom. The number of carbonyl (C=O) groups is 3. The number of benzene rings is 2. The first-order valence-corrected chi connectivity index (χ1v) is 16.0. The predicted octanol–water partition coefficient (Wildman–Crippen LogP) is 3.62. The maximum atomic E-state index is 13.7. The third-order valence-electron chi connectivity index (χ3n) is 8.89. The summed E-state index contributed by atoms with van der Waals surface area (Å²) in [5, 5.41) is 3.42. The molecule has 2 heterocycles. The highest BCUT2D eigenvalue weighted by atomic mass is 32.2. The standard InChI is InChI=1S/C30H35N3O6S/c1-20(22-7-8-22)32(18-21-5-3-2-4-6-21)27(34)19-33-28(35)30(39-29(33)36)14-11-23-17-25(9-10-26(23)30)31-24-12-15-40(37,38)16-13-24/h2-6,9-10,17,20,22,24,31H,7-8,11-16,18-19H2,1H3/t20-,30?/m0/s1. The van der Waals surface area contributed by atoms with E-state index >= 15 is 0 Å². The van der Waals surface area contributed by atoms with Crippen LogP contribution in [0, 0.1) is 5.92 Å². The summed E-state index contributed by atoms with van der Waals surface area (Å²) in [4.78, 5) is 43.1. The lowest BCUT2D eigenvalue weighted by molar-refractivity contribution is -0.143. The number of fused-ring (bicyclic) bond motifs is 2. The highest BCUT2D eigenvalue weighted by Gasteiger charge is 2.58. The molecule has 2 atom stereocenters. The summed E-state index contributed by atoms with van der Waals surface area (Å²) >= 11 is 0. The minimum atomic E-state index is -2.94. The van der Waals surface area contributed by atoms with Gasteiger partial charge in [0.05, 0.1) is 11.5 Å². The van der Waals surface area contributed by atoms with Gasteiger partial charge in [-0.05, 0) is 68.2 Å². The molecule has 1 spiro atoms. The van der Waals surface area contributed by atoms with Gasteiger partial charge >= 0.3 is 6.09 Å². The summed E-state index contributed by atoms with van der Waals surface area (Å²) in [6.07, 6.45) is 3.36. The van der Waals surface area contributed by atoms with Gasteiger partial charge in [-0.15, -0.1) is 0 Å². The quantitative estimate of drug-likeness (QED) is 0.520. The van der Waals surface area contributed by atoms with Gasteiger partial charge in [0.25, 0.3) is 5.91 Å². The molecule has 2 saturated heterocycles. The van der Waals surface area contributed by atoms with Crippen LogP contribution in [0.3, 0.4) is 0 Å². The van der Waals surface area contributed by atoms with Crippen LogP contribution in [0.15, 0.2) is 48.5 Å². The number of nitrogens with one attached hydrogen (secondary N) is 1. The zero-order valence-electron chi connectivity index (χ0n) is 22.7. The number of aryl methyl sites for hydroxylation is 1. The molecule has 3 amide bonds. The normalized spacial score (nSPS) is 24.6. The fourth-order valence-electron chi connectivity index (χ4n) is 6.31. The van der Waals surface area contributed by atoms with E-state index < -0.39 is 27.4 Å². The Labute approximate surface area is 234 Å². The first-order chi connectivity index (χ1) is 19.1. The van der Waals surface area contributed by atoms with Crippen molar-refractivity contribution in [2.45, 2.75) is 69.7 Å². The van der Waals surface area contributed by atoms with Gasteiger partial charge in [-0.1, -0.05) is 36.4 Å². The van der Waals surface area contributed by atoms with Crippen LogP contribution in [0.5, 0.6) is 0 Å². The molecule has 212 valence electrons. The van der Waals surface area contributed by atoms with E-state index in [-0.39, 0.29) is 36.0 Å². The van der Waals surface area contributed by atoms with Gasteiger partial charge in [-0.25, -0.2) is 18.1 Å². The van der Waals surface area contributed by atoms with Crippen LogP contribution in [0.1, 0.15) is 55.7 Å². The van der Waals surface area contributed by atoms with E-state index in [2.05, 4.69) is 5.32 Å². The van der Waals surface area contributed by atoms with Crippen LogP contribution in [0.4, 0.5) is 10.5 Å². The molecule has 4 aliphatic rings. The van der Waals surface area contributed by atoms with E-state index in [0.29, 0.717) is 43.7 Å². The van der Waals surface area contributed by atoms with Crippen molar-refractivity contribution in [2.24, 2.45) is 5.92 Å². The lowest BCUT2D eigenvalue weighted by Gasteiger charge is -2.30. The predicted molar refractivity (Wildman–Crippen MR) is 149 cm³/mol. The molecule has 40 heavy (non-hydrogen) atoms. The van der Waals surface area contributed by atoms with Crippen LogP contribution in [-0.4, -0.2) is 66.3 Å². The number of carbonyl (C=O) groups excluding carboxylic acids is 3. The molecule has 6 rings (SSSR count). The van der Waals surface area contributed by atoms with Crippen molar-refractivity contribution < 1.29 is 27.5 Å². The number of amides is 3. The molecular formula is C30H35N3O6S. The molecule has 10 heteroatoms. The lowest BCUT2D eigenvalue weighted by atomic mass is 9.94. The highest BCUT2D eigenvalue weighted by Crippen LogP contribution is 2.46. The summed E-state index contributed by atoms with van der Waals surface area (Å²) in [6.45, 7) is 2.11. The molecule has 2 aliphatic carbocycles. The van der Waals surface area contributed by atoms with E-state index in [9.17, 15) is 22.8 Å².